The molecule has 1 aliphatic rings. The minimum absolute atomic E-state index is 0.0248. The Balaban J connectivity index is 1.74. The van der Waals surface area contributed by atoms with Crippen molar-refractivity contribution in [1.29, 1.82) is 0 Å². The lowest BCUT2D eigenvalue weighted by Gasteiger charge is -2.19. The van der Waals surface area contributed by atoms with Gasteiger partial charge in [-0.25, -0.2) is 0 Å². The number of benzene rings is 1. The minimum atomic E-state index is -0.422. The van der Waals surface area contributed by atoms with Gasteiger partial charge in [0.25, 0.3) is 5.91 Å². The zero-order valence-corrected chi connectivity index (χ0v) is 14.8. The van der Waals surface area contributed by atoms with Gasteiger partial charge in [0, 0.05) is 25.6 Å². The van der Waals surface area contributed by atoms with Crippen LogP contribution in [-0.2, 0) is 25.6 Å². The minimum Gasteiger partial charge on any atom is -0.333 e. The Bertz CT molecular complexity index is 672. The quantitative estimate of drug-likeness (QED) is 0.673. The molecule has 0 aromatic heterocycles. The molecule has 1 aromatic carbocycles. The van der Waals surface area contributed by atoms with Gasteiger partial charge in [-0.2, -0.15) is 0 Å². The highest BCUT2D eigenvalue weighted by Gasteiger charge is 2.19. The topological polar surface area (TPSA) is 108 Å². The third-order valence-electron chi connectivity index (χ3n) is 3.99. The number of amides is 4. The molecule has 0 aliphatic carbocycles. The molecule has 8 heteroatoms. The molecule has 2 rings (SSSR count). The molecule has 1 aliphatic heterocycles. The molecule has 140 valence electrons. The molecule has 26 heavy (non-hydrogen) atoms. The van der Waals surface area contributed by atoms with Gasteiger partial charge in [0.05, 0.1) is 6.42 Å². The number of hydrazine groups is 1. The van der Waals surface area contributed by atoms with Crippen LogP contribution in [0.2, 0.25) is 0 Å². The smallest absolute Gasteiger partial charge is 0.257 e. The number of anilines is 1. The number of hydrogen-bond donors (Lipinski definition) is 3. The molecule has 0 spiro atoms. The fourth-order valence-electron chi connectivity index (χ4n) is 2.70. The van der Waals surface area contributed by atoms with Crippen molar-refractivity contribution >= 4 is 29.3 Å². The van der Waals surface area contributed by atoms with Gasteiger partial charge < -0.3 is 10.2 Å². The van der Waals surface area contributed by atoms with E-state index in [-0.39, 0.29) is 30.7 Å². The summed E-state index contributed by atoms with van der Waals surface area (Å²) in [6.45, 7) is 1.94. The Labute approximate surface area is 152 Å². The molecule has 1 aromatic rings. The second-order valence-corrected chi connectivity index (χ2v) is 6.28. The molecular weight excluding hydrogens is 336 g/mol. The number of nitrogens with zero attached hydrogens (tertiary/aromatic N) is 1. The van der Waals surface area contributed by atoms with E-state index in [9.17, 15) is 19.2 Å². The van der Waals surface area contributed by atoms with E-state index in [0.717, 1.165) is 24.8 Å². The van der Waals surface area contributed by atoms with E-state index >= 15 is 0 Å². The summed E-state index contributed by atoms with van der Waals surface area (Å²) in [4.78, 5) is 48.2. The van der Waals surface area contributed by atoms with Crippen molar-refractivity contribution in [2.24, 2.45) is 0 Å². The highest BCUT2D eigenvalue weighted by atomic mass is 16.2. The van der Waals surface area contributed by atoms with E-state index < -0.39 is 5.91 Å². The van der Waals surface area contributed by atoms with Crippen molar-refractivity contribution in [3.05, 3.63) is 29.8 Å². The summed E-state index contributed by atoms with van der Waals surface area (Å²) in [5.41, 5.74) is 6.08. The molecular formula is C18H24N4O4. The predicted molar refractivity (Wildman–Crippen MR) is 95.8 cm³/mol. The normalized spacial score (nSPS) is 14.3. The first-order valence-corrected chi connectivity index (χ1v) is 8.66. The first kappa shape index (κ1) is 19.4. The van der Waals surface area contributed by atoms with Crippen molar-refractivity contribution in [1.82, 2.24) is 15.8 Å². The third-order valence-corrected chi connectivity index (χ3v) is 3.99. The molecule has 0 unspecified atom stereocenters. The Morgan fingerprint density at radius 1 is 1.00 bits per heavy atom. The first-order chi connectivity index (χ1) is 12.4. The largest absolute Gasteiger partial charge is 0.333 e. The summed E-state index contributed by atoms with van der Waals surface area (Å²) in [7, 11) is 0. The van der Waals surface area contributed by atoms with Crippen molar-refractivity contribution < 1.29 is 19.2 Å². The number of nitrogens with one attached hydrogen (secondary N) is 3. The van der Waals surface area contributed by atoms with E-state index in [4.69, 9.17) is 0 Å². The van der Waals surface area contributed by atoms with Gasteiger partial charge in [0.15, 0.2) is 0 Å². The van der Waals surface area contributed by atoms with Crippen molar-refractivity contribution in [3.63, 3.8) is 0 Å². The van der Waals surface area contributed by atoms with Crippen molar-refractivity contribution in [2.45, 2.75) is 39.0 Å². The molecule has 0 radical (unpaired) electrons. The van der Waals surface area contributed by atoms with Crippen LogP contribution in [0.5, 0.6) is 0 Å². The SMILES string of the molecule is CC(=O)Nc1ccc(CC(=O)NNC(=O)CN2CCCCCC2=O)cc1. The molecule has 0 atom stereocenters. The van der Waals surface area contributed by atoms with Crippen LogP contribution < -0.4 is 16.2 Å². The van der Waals surface area contributed by atoms with E-state index in [1.807, 2.05) is 0 Å². The van der Waals surface area contributed by atoms with Crippen LogP contribution in [0.4, 0.5) is 5.69 Å². The fourth-order valence-corrected chi connectivity index (χ4v) is 2.70. The van der Waals surface area contributed by atoms with Gasteiger partial charge in [-0.3, -0.25) is 30.0 Å². The summed E-state index contributed by atoms with van der Waals surface area (Å²) in [5, 5.41) is 2.64. The van der Waals surface area contributed by atoms with Gasteiger partial charge in [0.2, 0.25) is 17.7 Å². The number of carbonyl (C=O) groups excluding carboxylic acids is 4. The number of rotatable bonds is 5. The lowest BCUT2D eigenvalue weighted by Crippen LogP contribution is -2.48. The second-order valence-electron chi connectivity index (χ2n) is 6.28. The van der Waals surface area contributed by atoms with E-state index in [1.54, 1.807) is 24.3 Å². The lowest BCUT2D eigenvalue weighted by molar-refractivity contribution is -0.136. The van der Waals surface area contributed by atoms with Crippen LogP contribution in [0.15, 0.2) is 24.3 Å². The zero-order valence-electron chi connectivity index (χ0n) is 14.8. The van der Waals surface area contributed by atoms with Crippen LogP contribution in [0.1, 0.15) is 38.2 Å². The molecule has 1 saturated heterocycles. The van der Waals surface area contributed by atoms with E-state index in [0.29, 0.717) is 18.7 Å². The molecule has 0 bridgehead atoms. The highest BCUT2D eigenvalue weighted by Crippen LogP contribution is 2.11. The van der Waals surface area contributed by atoms with Crippen LogP contribution in [0.25, 0.3) is 0 Å². The van der Waals surface area contributed by atoms with Gasteiger partial charge in [-0.1, -0.05) is 18.6 Å². The molecule has 0 saturated carbocycles. The Morgan fingerprint density at radius 2 is 1.69 bits per heavy atom. The summed E-state index contributed by atoms with van der Waals surface area (Å²) >= 11 is 0. The summed E-state index contributed by atoms with van der Waals surface area (Å²) in [6, 6.07) is 6.85. The second kappa shape index (κ2) is 9.55. The average Bonchev–Trinajstić information content (AvgIpc) is 2.79. The van der Waals surface area contributed by atoms with Gasteiger partial charge in [-0.15, -0.1) is 0 Å². The highest BCUT2D eigenvalue weighted by molar-refractivity contribution is 5.89. The van der Waals surface area contributed by atoms with Crippen LogP contribution in [-0.4, -0.2) is 41.6 Å². The van der Waals surface area contributed by atoms with Gasteiger partial charge in [0.1, 0.15) is 6.54 Å². The number of likely N-dealkylation sites (tertiary alicyclic amines) is 1. The monoisotopic (exact) mass is 360 g/mol. The maximum absolute atomic E-state index is 11.9. The molecule has 3 N–H and O–H groups in total. The van der Waals surface area contributed by atoms with Gasteiger partial charge in [-0.05, 0) is 30.5 Å². The number of carbonyl (C=O) groups is 4. The molecule has 1 heterocycles. The molecule has 8 nitrogen and oxygen atoms in total. The van der Waals surface area contributed by atoms with Crippen LogP contribution >= 0.6 is 0 Å². The number of hydrogen-bond acceptors (Lipinski definition) is 4. The fraction of sp³-hybridized carbons (Fsp3) is 0.444. The average molecular weight is 360 g/mol. The van der Waals surface area contributed by atoms with Crippen LogP contribution in [0, 0.1) is 0 Å². The van der Waals surface area contributed by atoms with E-state index in [2.05, 4.69) is 16.2 Å². The summed E-state index contributed by atoms with van der Waals surface area (Å²) in [6.07, 6.45) is 3.28. The predicted octanol–water partition coefficient (Wildman–Crippen LogP) is 0.737. The standard InChI is InChI=1S/C18H24N4O4/c1-13(23)19-15-8-6-14(7-9-15)11-16(24)20-21-17(25)12-22-10-4-2-3-5-18(22)26/h6-9H,2-5,10-12H2,1H3,(H,19,23)(H,20,24)(H,21,25). The third kappa shape index (κ3) is 6.54. The van der Waals surface area contributed by atoms with Crippen molar-refractivity contribution in [3.8, 4) is 0 Å². The Hall–Kier alpha value is -2.90. The van der Waals surface area contributed by atoms with Gasteiger partial charge >= 0.3 is 0 Å². The Morgan fingerprint density at radius 3 is 2.38 bits per heavy atom. The zero-order chi connectivity index (χ0) is 18.9. The lowest BCUT2D eigenvalue weighted by atomic mass is 10.1. The first-order valence-electron chi connectivity index (χ1n) is 8.66. The summed E-state index contributed by atoms with van der Waals surface area (Å²) in [5.74, 6) is -0.980. The maximum atomic E-state index is 11.9. The molecule has 4 amide bonds. The van der Waals surface area contributed by atoms with Crippen LogP contribution in [0.3, 0.4) is 0 Å². The van der Waals surface area contributed by atoms with Crippen molar-refractivity contribution in [2.75, 3.05) is 18.4 Å². The summed E-state index contributed by atoms with van der Waals surface area (Å²) < 4.78 is 0. The van der Waals surface area contributed by atoms with E-state index in [1.165, 1.54) is 11.8 Å². The maximum Gasteiger partial charge on any atom is 0.257 e. The molecule has 1 fully saturated rings. The Kier molecular flexibility index (Phi) is 7.13.